The lowest BCUT2D eigenvalue weighted by atomic mass is 10.0. The van der Waals surface area contributed by atoms with Crippen molar-refractivity contribution in [1.82, 2.24) is 5.32 Å². The lowest BCUT2D eigenvalue weighted by molar-refractivity contribution is -0.870. The van der Waals surface area contributed by atoms with Crippen LogP contribution in [0.4, 0.5) is 0 Å². The summed E-state index contributed by atoms with van der Waals surface area (Å²) in [7, 11) is 1.58. The van der Waals surface area contributed by atoms with Crippen molar-refractivity contribution in [3.05, 3.63) is 72.9 Å². The molecule has 9 heteroatoms. The standard InChI is InChI=1S/C70H131N2O6P/c1-6-8-10-12-14-16-18-20-22-24-26-28-30-32-33-34-35-36-37-38-39-40-42-44-46-48-50-52-54-56-58-60-62-64-70(74)71-68(67-78-79(75,76)77-66-65-72(3,4)5)69(73)63-61-59-57-55-53-51-49-47-45-43-41-31-29-27-25-23-21-19-17-15-13-11-9-7-2/h8,10,14,16,20,22,26,28,32-33,61,63,68-69,73H,6-7,9,11-13,15,17-19,21,23-25,27,29-31,34-60,62,64-67H2,1-5H3,(H-,71,74,75,76)/p+1/b10-8-,16-14-,22-20-,28-26-,33-32-,63-61+. The van der Waals surface area contributed by atoms with Gasteiger partial charge in [-0.2, -0.15) is 0 Å². The highest BCUT2D eigenvalue weighted by Gasteiger charge is 2.28. The molecule has 0 saturated heterocycles. The molecule has 0 spiro atoms. The van der Waals surface area contributed by atoms with Gasteiger partial charge in [0.1, 0.15) is 13.2 Å². The molecule has 0 rings (SSSR count). The first-order valence-corrected chi connectivity index (χ1v) is 35.3. The first-order chi connectivity index (χ1) is 38.5. The number of hydrogen-bond acceptors (Lipinski definition) is 5. The van der Waals surface area contributed by atoms with Crippen LogP contribution in [-0.4, -0.2) is 73.4 Å². The van der Waals surface area contributed by atoms with Crippen LogP contribution >= 0.6 is 7.82 Å². The molecule has 8 nitrogen and oxygen atoms in total. The third kappa shape index (κ3) is 63.4. The SMILES string of the molecule is CC/C=C\C/C=C\C/C=C\C/C=C\C/C=C\CCCCCCCCCCCCCCCCCCCC(=O)NC(COP(=O)(O)OCC[N+](C)(C)C)C(O)/C=C/CCCCCCCCCCCCCCCCCCCCCCCC. The van der Waals surface area contributed by atoms with Crippen LogP contribution in [0.1, 0.15) is 316 Å². The number of carbonyl (C=O) groups is 1. The van der Waals surface area contributed by atoms with Gasteiger partial charge in [-0.15, -0.1) is 0 Å². The Labute approximate surface area is 491 Å². The lowest BCUT2D eigenvalue weighted by Crippen LogP contribution is -2.45. The summed E-state index contributed by atoms with van der Waals surface area (Å²) in [5.41, 5.74) is 0. The van der Waals surface area contributed by atoms with E-state index in [2.05, 4.69) is 79.9 Å². The number of phosphoric acid groups is 1. The van der Waals surface area contributed by atoms with Gasteiger partial charge in [0, 0.05) is 6.42 Å². The van der Waals surface area contributed by atoms with E-state index >= 15 is 0 Å². The molecule has 0 saturated carbocycles. The second kappa shape index (κ2) is 60.5. The van der Waals surface area contributed by atoms with Crippen molar-refractivity contribution in [2.75, 3.05) is 40.9 Å². The van der Waals surface area contributed by atoms with Crippen LogP contribution in [-0.2, 0) is 18.4 Å². The molecule has 3 unspecified atom stereocenters. The molecular weight excluding hydrogens is 996 g/mol. The van der Waals surface area contributed by atoms with E-state index in [9.17, 15) is 19.4 Å². The van der Waals surface area contributed by atoms with Gasteiger partial charge in [-0.3, -0.25) is 13.8 Å². The predicted octanol–water partition coefficient (Wildman–Crippen LogP) is 21.4. The maximum Gasteiger partial charge on any atom is 0.472 e. The number of rotatable bonds is 62. The average Bonchev–Trinajstić information content (AvgIpc) is 3.42. The zero-order valence-electron chi connectivity index (χ0n) is 52.9. The van der Waals surface area contributed by atoms with E-state index in [1.807, 2.05) is 27.2 Å². The van der Waals surface area contributed by atoms with E-state index in [0.717, 1.165) is 70.6 Å². The minimum Gasteiger partial charge on any atom is -0.387 e. The van der Waals surface area contributed by atoms with E-state index in [0.29, 0.717) is 17.4 Å². The molecule has 0 radical (unpaired) electrons. The van der Waals surface area contributed by atoms with E-state index in [-0.39, 0.29) is 19.1 Å². The number of phosphoric ester groups is 1. The number of nitrogens with one attached hydrogen (secondary N) is 1. The van der Waals surface area contributed by atoms with Crippen molar-refractivity contribution in [3.63, 3.8) is 0 Å². The number of unbranched alkanes of at least 4 members (excludes halogenated alkanes) is 39. The Morgan fingerprint density at radius 3 is 1.11 bits per heavy atom. The highest BCUT2D eigenvalue weighted by atomic mass is 31.2. The number of carbonyl (C=O) groups excluding carboxylic acids is 1. The van der Waals surface area contributed by atoms with Crippen LogP contribution in [0, 0.1) is 0 Å². The van der Waals surface area contributed by atoms with E-state index in [1.54, 1.807) is 6.08 Å². The summed E-state index contributed by atoms with van der Waals surface area (Å²) in [6, 6.07) is -0.850. The van der Waals surface area contributed by atoms with Gasteiger partial charge >= 0.3 is 7.82 Å². The lowest BCUT2D eigenvalue weighted by Gasteiger charge is -2.25. The van der Waals surface area contributed by atoms with Gasteiger partial charge in [0.25, 0.3) is 0 Å². The van der Waals surface area contributed by atoms with Crippen molar-refractivity contribution in [3.8, 4) is 0 Å². The molecule has 0 heterocycles. The Morgan fingerprint density at radius 1 is 0.443 bits per heavy atom. The number of quaternary nitrogens is 1. The summed E-state index contributed by atoms with van der Waals surface area (Å²) >= 11 is 0. The third-order valence-corrected chi connectivity index (χ3v) is 16.2. The quantitative estimate of drug-likeness (QED) is 0.0243. The van der Waals surface area contributed by atoms with Crippen molar-refractivity contribution in [2.45, 2.75) is 328 Å². The van der Waals surface area contributed by atoms with Crippen molar-refractivity contribution in [2.24, 2.45) is 0 Å². The van der Waals surface area contributed by atoms with Gasteiger partial charge in [0.05, 0.1) is 39.9 Å². The first-order valence-electron chi connectivity index (χ1n) is 33.8. The van der Waals surface area contributed by atoms with E-state index in [4.69, 9.17) is 9.05 Å². The third-order valence-electron chi connectivity index (χ3n) is 15.2. The van der Waals surface area contributed by atoms with Crippen LogP contribution in [0.5, 0.6) is 0 Å². The number of amides is 1. The van der Waals surface area contributed by atoms with Crippen LogP contribution in [0.15, 0.2) is 72.9 Å². The Morgan fingerprint density at radius 2 is 0.759 bits per heavy atom. The second-order valence-electron chi connectivity index (χ2n) is 24.2. The minimum absolute atomic E-state index is 0.0611. The van der Waals surface area contributed by atoms with Crippen molar-refractivity contribution >= 4 is 13.7 Å². The molecule has 3 N–H and O–H groups in total. The van der Waals surface area contributed by atoms with E-state index in [1.165, 1.54) is 225 Å². The zero-order valence-corrected chi connectivity index (χ0v) is 53.8. The fourth-order valence-corrected chi connectivity index (χ4v) is 10.7. The molecule has 0 aromatic carbocycles. The summed E-state index contributed by atoms with van der Waals surface area (Å²) in [4.78, 5) is 23.4. The molecule has 0 aromatic heterocycles. The molecular formula is C70H132N2O6P+. The number of hydrogen-bond donors (Lipinski definition) is 3. The Balaban J connectivity index is 4.07. The van der Waals surface area contributed by atoms with Crippen LogP contribution in [0.25, 0.3) is 0 Å². The molecule has 0 aromatic rings. The number of likely N-dealkylation sites (N-methyl/N-ethyl adjacent to an activating group) is 1. The van der Waals surface area contributed by atoms with Crippen LogP contribution < -0.4 is 5.32 Å². The van der Waals surface area contributed by atoms with Gasteiger partial charge in [0.15, 0.2) is 0 Å². The minimum atomic E-state index is -4.35. The highest BCUT2D eigenvalue weighted by Crippen LogP contribution is 2.43. The van der Waals surface area contributed by atoms with Gasteiger partial charge in [-0.05, 0) is 64.2 Å². The summed E-state index contributed by atoms with van der Waals surface area (Å²) in [5.74, 6) is -0.174. The smallest absolute Gasteiger partial charge is 0.387 e. The molecule has 462 valence electrons. The molecule has 79 heavy (non-hydrogen) atoms. The molecule has 0 bridgehead atoms. The first kappa shape index (κ1) is 76.9. The zero-order chi connectivity index (χ0) is 57.7. The number of allylic oxidation sites excluding steroid dienone is 11. The average molecular weight is 1130 g/mol. The monoisotopic (exact) mass is 1130 g/mol. The number of aliphatic hydroxyl groups is 1. The Bertz CT molecular complexity index is 1520. The summed E-state index contributed by atoms with van der Waals surface area (Å²) in [6.45, 7) is 4.74. The van der Waals surface area contributed by atoms with Crippen LogP contribution in [0.2, 0.25) is 0 Å². The molecule has 3 atom stereocenters. The van der Waals surface area contributed by atoms with Gasteiger partial charge in [0.2, 0.25) is 5.91 Å². The summed E-state index contributed by atoms with van der Waals surface area (Å²) in [5, 5.41) is 14.0. The van der Waals surface area contributed by atoms with Gasteiger partial charge in [-0.1, -0.05) is 318 Å². The molecule has 0 aliphatic heterocycles. The number of nitrogens with zero attached hydrogens (tertiary/aromatic N) is 1. The predicted molar refractivity (Wildman–Crippen MR) is 346 cm³/mol. The fraction of sp³-hybridized carbons (Fsp3) is 0.814. The second-order valence-corrected chi connectivity index (χ2v) is 25.6. The Hall–Kier alpha value is -2.06. The topological polar surface area (TPSA) is 105 Å². The largest absolute Gasteiger partial charge is 0.472 e. The summed E-state index contributed by atoms with van der Waals surface area (Å²) in [6.07, 6.45) is 84.6. The normalized spacial score (nSPS) is 14.2. The molecule has 0 fully saturated rings. The van der Waals surface area contributed by atoms with Gasteiger partial charge < -0.3 is 19.8 Å². The highest BCUT2D eigenvalue weighted by molar-refractivity contribution is 7.47. The van der Waals surface area contributed by atoms with Gasteiger partial charge in [-0.25, -0.2) is 4.57 Å². The van der Waals surface area contributed by atoms with E-state index < -0.39 is 20.0 Å². The molecule has 0 aliphatic carbocycles. The molecule has 0 aliphatic rings. The maximum absolute atomic E-state index is 13.0. The molecule has 1 amide bonds. The van der Waals surface area contributed by atoms with Crippen LogP contribution in [0.3, 0.4) is 0 Å². The maximum atomic E-state index is 13.0. The number of aliphatic hydroxyl groups excluding tert-OH is 1. The Kier molecular flexibility index (Phi) is 59.0. The summed E-state index contributed by atoms with van der Waals surface area (Å²) < 4.78 is 23.8. The van der Waals surface area contributed by atoms with Crippen molar-refractivity contribution < 1.29 is 32.9 Å². The fourth-order valence-electron chi connectivity index (χ4n) is 9.96. The van der Waals surface area contributed by atoms with Crippen molar-refractivity contribution in [1.29, 1.82) is 0 Å².